The Morgan fingerprint density at radius 2 is 1.85 bits per heavy atom. The van der Waals surface area contributed by atoms with Crippen molar-refractivity contribution in [2.24, 2.45) is 5.14 Å². The number of hydrogen-bond acceptors (Lipinski definition) is 6. The van der Waals surface area contributed by atoms with Crippen LogP contribution in [0.5, 0.6) is 0 Å². The second-order valence-electron chi connectivity index (χ2n) is 5.96. The van der Waals surface area contributed by atoms with Crippen molar-refractivity contribution in [1.29, 1.82) is 5.26 Å². The zero-order valence-electron chi connectivity index (χ0n) is 15.2. The molecule has 0 spiro atoms. The fourth-order valence-corrected chi connectivity index (χ4v) is 3.88. The number of benzene rings is 1. The minimum Gasteiger partial charge on any atom is -0.326 e. The molecule has 7 nitrogen and oxygen atoms in total. The Morgan fingerprint density at radius 3 is 2.41 bits per heavy atom. The van der Waals surface area contributed by atoms with Gasteiger partial charge in [-0.2, -0.15) is 5.26 Å². The van der Waals surface area contributed by atoms with Crippen molar-refractivity contribution >= 4 is 33.4 Å². The number of anilines is 1. The molecule has 0 aliphatic rings. The second kappa shape index (κ2) is 8.52. The average Bonchev–Trinajstić information content (AvgIpc) is 2.59. The molecule has 27 heavy (non-hydrogen) atoms. The van der Waals surface area contributed by atoms with E-state index in [4.69, 9.17) is 5.14 Å². The standard InChI is InChI=1S/C18H20N4O3S2/c1-11-12(2)16(10-19)18(21-13(11)3)26-9-8-17(23)22-14-4-6-15(7-5-14)27(20,24)25/h4-7H,8-9H2,1-3H3,(H,22,23)(H2,20,24,25). The Kier molecular flexibility index (Phi) is 6.59. The van der Waals surface area contributed by atoms with E-state index < -0.39 is 10.0 Å². The van der Waals surface area contributed by atoms with Crippen molar-refractivity contribution in [3.05, 3.63) is 46.6 Å². The largest absolute Gasteiger partial charge is 0.326 e. The van der Waals surface area contributed by atoms with E-state index in [1.807, 2.05) is 20.8 Å². The van der Waals surface area contributed by atoms with E-state index in [2.05, 4.69) is 16.4 Å². The lowest BCUT2D eigenvalue weighted by Gasteiger charge is -2.11. The third-order valence-electron chi connectivity index (χ3n) is 4.11. The van der Waals surface area contributed by atoms with Gasteiger partial charge in [0.05, 0.1) is 10.5 Å². The molecule has 9 heteroatoms. The molecule has 0 radical (unpaired) electrons. The minimum atomic E-state index is -3.76. The lowest BCUT2D eigenvalue weighted by molar-refractivity contribution is -0.115. The van der Waals surface area contributed by atoms with Crippen LogP contribution in [0.2, 0.25) is 0 Å². The molecule has 3 N–H and O–H groups in total. The molecule has 0 saturated carbocycles. The maximum absolute atomic E-state index is 12.1. The molecule has 0 fully saturated rings. The first kappa shape index (κ1) is 20.9. The Bertz CT molecular complexity index is 1010. The number of pyridine rings is 1. The third-order valence-corrected chi connectivity index (χ3v) is 6.02. The summed E-state index contributed by atoms with van der Waals surface area (Å²) in [4.78, 5) is 16.5. The summed E-state index contributed by atoms with van der Waals surface area (Å²) in [6.07, 6.45) is 0.222. The Hall–Kier alpha value is -2.41. The van der Waals surface area contributed by atoms with E-state index in [9.17, 15) is 18.5 Å². The first-order valence-electron chi connectivity index (χ1n) is 8.07. The summed E-state index contributed by atoms with van der Waals surface area (Å²) >= 11 is 1.36. The summed E-state index contributed by atoms with van der Waals surface area (Å²) < 4.78 is 22.4. The van der Waals surface area contributed by atoms with E-state index in [-0.39, 0.29) is 17.2 Å². The SMILES string of the molecule is Cc1nc(SCCC(=O)Nc2ccc(S(N)(=O)=O)cc2)c(C#N)c(C)c1C. The number of sulfonamides is 1. The minimum absolute atomic E-state index is 0.0173. The van der Waals surface area contributed by atoms with E-state index in [0.29, 0.717) is 22.0 Å². The summed E-state index contributed by atoms with van der Waals surface area (Å²) in [5, 5.41) is 17.7. The number of primary sulfonamides is 1. The van der Waals surface area contributed by atoms with Crippen LogP contribution in [0.1, 0.15) is 28.8 Å². The van der Waals surface area contributed by atoms with Gasteiger partial charge in [-0.05, 0) is 56.2 Å². The molecule has 1 amide bonds. The van der Waals surface area contributed by atoms with Gasteiger partial charge in [-0.1, -0.05) is 0 Å². The number of nitrogens with one attached hydrogen (secondary N) is 1. The summed E-state index contributed by atoms with van der Waals surface area (Å²) in [5.74, 6) is 0.245. The van der Waals surface area contributed by atoms with Gasteiger partial charge in [0.2, 0.25) is 15.9 Å². The molecule has 0 aliphatic carbocycles. The number of nitriles is 1. The molecule has 0 unspecified atom stereocenters. The Labute approximate surface area is 163 Å². The smallest absolute Gasteiger partial charge is 0.238 e. The number of aromatic nitrogens is 1. The Balaban J connectivity index is 1.96. The predicted molar refractivity (Wildman–Crippen MR) is 105 cm³/mol. The van der Waals surface area contributed by atoms with Crippen molar-refractivity contribution in [3.8, 4) is 6.07 Å². The van der Waals surface area contributed by atoms with Gasteiger partial charge in [0.25, 0.3) is 0 Å². The quantitative estimate of drug-likeness (QED) is 0.713. The van der Waals surface area contributed by atoms with Gasteiger partial charge in [0.15, 0.2) is 0 Å². The number of rotatable bonds is 6. The summed E-state index contributed by atoms with van der Waals surface area (Å²) in [7, 11) is -3.76. The molecule has 1 aromatic heterocycles. The molecule has 142 valence electrons. The molecule has 0 atom stereocenters. The van der Waals surface area contributed by atoms with E-state index >= 15 is 0 Å². The van der Waals surface area contributed by atoms with Gasteiger partial charge in [-0.15, -0.1) is 11.8 Å². The van der Waals surface area contributed by atoms with E-state index in [0.717, 1.165) is 16.8 Å². The van der Waals surface area contributed by atoms with Crippen molar-refractivity contribution in [2.45, 2.75) is 37.1 Å². The van der Waals surface area contributed by atoms with Crippen LogP contribution in [0.4, 0.5) is 5.69 Å². The van der Waals surface area contributed by atoms with Crippen LogP contribution in [-0.4, -0.2) is 25.1 Å². The van der Waals surface area contributed by atoms with Crippen LogP contribution in [0, 0.1) is 32.1 Å². The number of nitrogens with zero attached hydrogens (tertiary/aromatic N) is 2. The lowest BCUT2D eigenvalue weighted by Crippen LogP contribution is -2.14. The monoisotopic (exact) mass is 404 g/mol. The van der Waals surface area contributed by atoms with Crippen LogP contribution < -0.4 is 10.5 Å². The van der Waals surface area contributed by atoms with Crippen LogP contribution in [0.25, 0.3) is 0 Å². The highest BCUT2D eigenvalue weighted by Gasteiger charge is 2.13. The number of hydrogen-bond donors (Lipinski definition) is 2. The highest BCUT2D eigenvalue weighted by atomic mass is 32.2. The first-order chi connectivity index (χ1) is 12.6. The van der Waals surface area contributed by atoms with Crippen molar-refractivity contribution in [1.82, 2.24) is 4.98 Å². The van der Waals surface area contributed by atoms with Gasteiger partial charge in [0.1, 0.15) is 11.1 Å². The molecular weight excluding hydrogens is 384 g/mol. The molecule has 1 aromatic carbocycles. The fourth-order valence-electron chi connectivity index (χ4n) is 2.34. The third kappa shape index (κ3) is 5.29. The zero-order valence-corrected chi connectivity index (χ0v) is 16.9. The van der Waals surface area contributed by atoms with Gasteiger partial charge in [0, 0.05) is 23.6 Å². The lowest BCUT2D eigenvalue weighted by atomic mass is 10.1. The van der Waals surface area contributed by atoms with Gasteiger partial charge < -0.3 is 5.32 Å². The number of carbonyl (C=O) groups is 1. The maximum Gasteiger partial charge on any atom is 0.238 e. The van der Waals surface area contributed by atoms with E-state index in [1.54, 1.807) is 0 Å². The van der Waals surface area contributed by atoms with Gasteiger partial charge in [-0.3, -0.25) is 4.79 Å². The average molecular weight is 405 g/mol. The summed E-state index contributed by atoms with van der Waals surface area (Å²) in [6.45, 7) is 5.72. The van der Waals surface area contributed by atoms with Crippen molar-refractivity contribution in [3.63, 3.8) is 0 Å². The van der Waals surface area contributed by atoms with Crippen LogP contribution >= 0.6 is 11.8 Å². The highest BCUT2D eigenvalue weighted by molar-refractivity contribution is 7.99. The molecule has 0 aliphatic heterocycles. The number of thioether (sulfide) groups is 1. The normalized spacial score (nSPS) is 11.1. The van der Waals surface area contributed by atoms with Crippen molar-refractivity contribution < 1.29 is 13.2 Å². The second-order valence-corrected chi connectivity index (χ2v) is 8.60. The van der Waals surface area contributed by atoms with Gasteiger partial charge >= 0.3 is 0 Å². The molecule has 2 aromatic rings. The molecular formula is C18H20N4O3S2. The predicted octanol–water partition coefficient (Wildman–Crippen LogP) is 2.65. The highest BCUT2D eigenvalue weighted by Crippen LogP contribution is 2.26. The van der Waals surface area contributed by atoms with Crippen LogP contribution in [0.15, 0.2) is 34.2 Å². The Morgan fingerprint density at radius 1 is 1.22 bits per heavy atom. The summed E-state index contributed by atoms with van der Waals surface area (Å²) in [6, 6.07) is 7.81. The molecule has 0 saturated heterocycles. The zero-order chi connectivity index (χ0) is 20.2. The fraction of sp³-hybridized carbons (Fsp3) is 0.278. The van der Waals surface area contributed by atoms with Crippen molar-refractivity contribution in [2.75, 3.05) is 11.1 Å². The first-order valence-corrected chi connectivity index (χ1v) is 10.6. The number of carbonyl (C=O) groups excluding carboxylic acids is 1. The maximum atomic E-state index is 12.1. The molecule has 0 bridgehead atoms. The van der Waals surface area contributed by atoms with E-state index in [1.165, 1.54) is 36.0 Å². The van der Waals surface area contributed by atoms with Gasteiger partial charge in [-0.25, -0.2) is 18.5 Å². The summed E-state index contributed by atoms with van der Waals surface area (Å²) in [5.41, 5.74) is 3.80. The topological polar surface area (TPSA) is 126 Å². The number of amides is 1. The van der Waals surface area contributed by atoms with Crippen LogP contribution in [-0.2, 0) is 14.8 Å². The number of aryl methyl sites for hydroxylation is 1. The number of nitrogens with two attached hydrogens (primary N) is 1. The molecule has 2 rings (SSSR count). The molecule has 1 heterocycles. The van der Waals surface area contributed by atoms with Crippen LogP contribution in [0.3, 0.4) is 0 Å².